The molecule has 4 heteroatoms. The third-order valence-electron chi connectivity index (χ3n) is 4.00. The Hall–Kier alpha value is -1.13. The van der Waals surface area contributed by atoms with Crippen LogP contribution in [0.4, 0.5) is 0 Å². The minimum Gasteiger partial charge on any atom is -0.302 e. The molecule has 0 spiro atoms. The van der Waals surface area contributed by atoms with Crippen molar-refractivity contribution in [2.45, 2.75) is 44.8 Å². The molecule has 0 aliphatic heterocycles. The Labute approximate surface area is 128 Å². The van der Waals surface area contributed by atoms with Crippen LogP contribution < -0.4 is 5.32 Å². The zero-order valence-electron chi connectivity index (χ0n) is 11.9. The molecule has 1 aromatic heterocycles. The second kappa shape index (κ2) is 5.34. The number of nitrogens with zero attached hydrogens (tertiary/aromatic N) is 2. The Morgan fingerprint density at radius 3 is 2.55 bits per heavy atom. The molecule has 0 amide bonds. The summed E-state index contributed by atoms with van der Waals surface area (Å²) in [7, 11) is 0. The Morgan fingerprint density at radius 1 is 1.25 bits per heavy atom. The molecule has 0 unspecified atom stereocenters. The predicted molar refractivity (Wildman–Crippen MR) is 84.5 cm³/mol. The monoisotopic (exact) mass is 333 g/mol. The minimum absolute atomic E-state index is 0.173. The summed E-state index contributed by atoms with van der Waals surface area (Å²) in [6.45, 7) is 5.20. The molecule has 20 heavy (non-hydrogen) atoms. The highest BCUT2D eigenvalue weighted by molar-refractivity contribution is 9.10. The highest BCUT2D eigenvalue weighted by atomic mass is 79.9. The average Bonchev–Trinajstić information content (AvgIpc) is 3.06. The van der Waals surface area contributed by atoms with E-state index >= 15 is 0 Å². The van der Waals surface area contributed by atoms with Crippen molar-refractivity contribution < 1.29 is 0 Å². The van der Waals surface area contributed by atoms with Gasteiger partial charge in [-0.25, -0.2) is 0 Å². The number of hydrogen-bond donors (Lipinski definition) is 1. The van der Waals surface area contributed by atoms with Gasteiger partial charge in [-0.15, -0.1) is 0 Å². The second-order valence-electron chi connectivity index (χ2n) is 5.80. The molecule has 106 valence electrons. The van der Waals surface area contributed by atoms with Gasteiger partial charge >= 0.3 is 0 Å². The molecule has 1 N–H and O–H groups in total. The topological polar surface area (TPSA) is 29.9 Å². The molecule has 0 atom stereocenters. The van der Waals surface area contributed by atoms with Gasteiger partial charge in [0, 0.05) is 28.8 Å². The van der Waals surface area contributed by atoms with E-state index in [2.05, 4.69) is 75.2 Å². The quantitative estimate of drug-likeness (QED) is 0.895. The summed E-state index contributed by atoms with van der Waals surface area (Å²) in [6.07, 6.45) is 4.31. The first-order valence-electron chi connectivity index (χ1n) is 7.14. The van der Waals surface area contributed by atoms with Crippen molar-refractivity contribution in [2.75, 3.05) is 0 Å². The van der Waals surface area contributed by atoms with Crippen LogP contribution in [-0.2, 0) is 12.1 Å². The first-order chi connectivity index (χ1) is 9.61. The first kappa shape index (κ1) is 13.8. The highest BCUT2D eigenvalue weighted by Crippen LogP contribution is 2.45. The van der Waals surface area contributed by atoms with Gasteiger partial charge in [0.15, 0.2) is 0 Å². The van der Waals surface area contributed by atoms with Crippen LogP contribution in [0.2, 0.25) is 0 Å². The Bertz CT molecular complexity index is 582. The fourth-order valence-corrected chi connectivity index (χ4v) is 2.93. The Balaban J connectivity index is 1.72. The summed E-state index contributed by atoms with van der Waals surface area (Å²) >= 11 is 3.50. The third-order valence-corrected chi connectivity index (χ3v) is 4.52. The summed E-state index contributed by atoms with van der Waals surface area (Å²) in [5.41, 5.74) is 2.81. The molecule has 0 saturated heterocycles. The third kappa shape index (κ3) is 2.67. The van der Waals surface area contributed by atoms with E-state index < -0.39 is 0 Å². The van der Waals surface area contributed by atoms with Gasteiger partial charge in [0.1, 0.15) is 0 Å². The van der Waals surface area contributed by atoms with Gasteiger partial charge in [-0.2, -0.15) is 5.10 Å². The molecule has 1 heterocycles. The number of hydrogen-bond acceptors (Lipinski definition) is 2. The van der Waals surface area contributed by atoms with E-state index in [1.165, 1.54) is 24.1 Å². The van der Waals surface area contributed by atoms with E-state index in [0.29, 0.717) is 6.04 Å². The van der Waals surface area contributed by atoms with Crippen LogP contribution >= 0.6 is 15.9 Å². The maximum Gasteiger partial charge on any atom is 0.0525 e. The van der Waals surface area contributed by atoms with Crippen LogP contribution in [0.5, 0.6) is 0 Å². The van der Waals surface area contributed by atoms with Gasteiger partial charge in [0.05, 0.1) is 5.69 Å². The predicted octanol–water partition coefficient (Wildman–Crippen LogP) is 4.01. The van der Waals surface area contributed by atoms with Crippen molar-refractivity contribution in [1.82, 2.24) is 15.1 Å². The lowest BCUT2D eigenvalue weighted by atomic mass is 10.1. The molecule has 2 aromatic rings. The van der Waals surface area contributed by atoms with Crippen LogP contribution in [0.25, 0.3) is 0 Å². The summed E-state index contributed by atoms with van der Waals surface area (Å²) in [5.74, 6) is 0. The number of nitrogens with one attached hydrogen (secondary N) is 1. The second-order valence-corrected chi connectivity index (χ2v) is 6.72. The van der Waals surface area contributed by atoms with Crippen molar-refractivity contribution in [2.24, 2.45) is 0 Å². The zero-order valence-corrected chi connectivity index (χ0v) is 13.5. The largest absolute Gasteiger partial charge is 0.302 e. The van der Waals surface area contributed by atoms with E-state index in [4.69, 9.17) is 0 Å². The maximum atomic E-state index is 4.39. The van der Waals surface area contributed by atoms with Crippen molar-refractivity contribution in [3.05, 3.63) is 52.3 Å². The van der Waals surface area contributed by atoms with Crippen LogP contribution in [0.15, 0.2) is 41.0 Å². The molecular formula is C16H20BrN3. The summed E-state index contributed by atoms with van der Waals surface area (Å²) in [4.78, 5) is 0. The van der Waals surface area contributed by atoms with Crippen LogP contribution in [0.1, 0.15) is 44.0 Å². The number of halogens is 1. The highest BCUT2D eigenvalue weighted by Gasteiger charge is 2.43. The molecule has 0 bridgehead atoms. The van der Waals surface area contributed by atoms with Gasteiger partial charge in [0.25, 0.3) is 0 Å². The van der Waals surface area contributed by atoms with Gasteiger partial charge in [-0.1, -0.05) is 28.1 Å². The van der Waals surface area contributed by atoms with Gasteiger partial charge in [-0.05, 0) is 50.5 Å². The lowest BCUT2D eigenvalue weighted by molar-refractivity contribution is 0.461. The normalized spacial score (nSPS) is 16.6. The number of aromatic nitrogens is 2. The molecule has 0 radical (unpaired) electrons. The lowest BCUT2D eigenvalue weighted by Gasteiger charge is -2.19. The van der Waals surface area contributed by atoms with Crippen molar-refractivity contribution in [3.8, 4) is 0 Å². The molecule has 1 fully saturated rings. The smallest absolute Gasteiger partial charge is 0.0525 e. The maximum absolute atomic E-state index is 4.39. The standard InChI is InChI=1S/C16H20BrN3/c1-12(2)20-15(7-10-19-20)11-18-16(8-9-16)13-3-5-14(17)6-4-13/h3-7,10,12,18H,8-9,11H2,1-2H3. The molecule has 3 nitrogen and oxygen atoms in total. The van der Waals surface area contributed by atoms with Crippen molar-refractivity contribution in [1.29, 1.82) is 0 Å². The number of benzene rings is 1. The molecule has 3 rings (SSSR count). The molecule has 1 aliphatic carbocycles. The zero-order chi connectivity index (χ0) is 14.2. The summed E-state index contributed by atoms with van der Waals surface area (Å²) in [6, 6.07) is 11.2. The van der Waals surface area contributed by atoms with Crippen LogP contribution in [-0.4, -0.2) is 9.78 Å². The van der Waals surface area contributed by atoms with E-state index in [1.807, 2.05) is 6.20 Å². The lowest BCUT2D eigenvalue weighted by Crippen LogP contribution is -2.29. The fourth-order valence-electron chi connectivity index (χ4n) is 2.67. The molecular weight excluding hydrogens is 314 g/mol. The van der Waals surface area contributed by atoms with Gasteiger partial charge in [0.2, 0.25) is 0 Å². The van der Waals surface area contributed by atoms with Crippen molar-refractivity contribution >= 4 is 15.9 Å². The molecule has 1 saturated carbocycles. The van der Waals surface area contributed by atoms with E-state index in [-0.39, 0.29) is 5.54 Å². The number of rotatable bonds is 5. The SMILES string of the molecule is CC(C)n1nccc1CNC1(c2ccc(Br)cc2)CC1. The Morgan fingerprint density at radius 2 is 1.95 bits per heavy atom. The molecule has 1 aromatic carbocycles. The van der Waals surface area contributed by atoms with E-state index in [1.54, 1.807) is 0 Å². The minimum atomic E-state index is 0.173. The average molecular weight is 334 g/mol. The van der Waals surface area contributed by atoms with Crippen LogP contribution in [0.3, 0.4) is 0 Å². The van der Waals surface area contributed by atoms with Gasteiger partial charge < -0.3 is 5.32 Å². The molecule has 1 aliphatic rings. The Kier molecular flexibility index (Phi) is 3.69. The van der Waals surface area contributed by atoms with Crippen molar-refractivity contribution in [3.63, 3.8) is 0 Å². The van der Waals surface area contributed by atoms with E-state index in [9.17, 15) is 0 Å². The fraction of sp³-hybridized carbons (Fsp3) is 0.438. The van der Waals surface area contributed by atoms with Gasteiger partial charge in [-0.3, -0.25) is 4.68 Å². The van der Waals surface area contributed by atoms with Crippen LogP contribution in [0, 0.1) is 0 Å². The summed E-state index contributed by atoms with van der Waals surface area (Å²) < 4.78 is 3.22. The van der Waals surface area contributed by atoms with E-state index in [0.717, 1.165) is 11.0 Å². The summed E-state index contributed by atoms with van der Waals surface area (Å²) in [5, 5.41) is 8.12. The first-order valence-corrected chi connectivity index (χ1v) is 7.93.